The van der Waals surface area contributed by atoms with Gasteiger partial charge in [0.2, 0.25) is 15.9 Å². The topological polar surface area (TPSA) is 60.9 Å². The van der Waals surface area contributed by atoms with Crippen LogP contribution in [0, 0.1) is 19.8 Å². The van der Waals surface area contributed by atoms with Crippen molar-refractivity contribution in [1.29, 1.82) is 0 Å². The lowest BCUT2D eigenvalue weighted by atomic mass is 9.87. The standard InChI is InChI=1S/C29H33N3O3S/c1-22-12-14-24(15-13-22)26-20-32(36(34,35)25-9-4-3-5-10-25)21-27(26)29(33)31-18-16-30(17-19-31)28-11-7-6-8-23(28)2/h3-15,26-27H,16-21H2,1-2H3/t26-,27-/m1/s1. The van der Waals surface area contributed by atoms with E-state index in [0.717, 1.165) is 24.2 Å². The first-order valence-electron chi connectivity index (χ1n) is 12.6. The van der Waals surface area contributed by atoms with Crippen LogP contribution in [0.4, 0.5) is 5.69 Å². The van der Waals surface area contributed by atoms with Crippen LogP contribution in [-0.2, 0) is 14.8 Å². The lowest BCUT2D eigenvalue weighted by molar-refractivity contribution is -0.135. The number of hydrogen-bond donors (Lipinski definition) is 0. The normalized spacial score (nSPS) is 21.1. The molecule has 36 heavy (non-hydrogen) atoms. The van der Waals surface area contributed by atoms with Crippen LogP contribution in [-0.4, -0.2) is 62.8 Å². The summed E-state index contributed by atoms with van der Waals surface area (Å²) in [6.07, 6.45) is 0. The van der Waals surface area contributed by atoms with Crippen molar-refractivity contribution >= 4 is 21.6 Å². The van der Waals surface area contributed by atoms with E-state index >= 15 is 0 Å². The van der Waals surface area contributed by atoms with Crippen molar-refractivity contribution in [3.63, 3.8) is 0 Å². The molecule has 2 fully saturated rings. The van der Waals surface area contributed by atoms with E-state index in [1.807, 2.05) is 48.2 Å². The molecular formula is C29H33N3O3S. The molecule has 0 saturated carbocycles. The third-order valence-corrected chi connectivity index (χ3v) is 9.38. The molecule has 2 atom stereocenters. The lowest BCUT2D eigenvalue weighted by Gasteiger charge is -2.38. The number of benzene rings is 3. The Morgan fingerprint density at radius 2 is 1.42 bits per heavy atom. The number of para-hydroxylation sites is 1. The van der Waals surface area contributed by atoms with Crippen molar-refractivity contribution in [1.82, 2.24) is 9.21 Å². The van der Waals surface area contributed by atoms with E-state index in [0.29, 0.717) is 19.6 Å². The molecular weight excluding hydrogens is 470 g/mol. The van der Waals surface area contributed by atoms with Gasteiger partial charge in [0.15, 0.2) is 0 Å². The first-order valence-corrected chi connectivity index (χ1v) is 14.0. The van der Waals surface area contributed by atoms with E-state index in [1.54, 1.807) is 30.3 Å². The van der Waals surface area contributed by atoms with Gasteiger partial charge in [-0.15, -0.1) is 0 Å². The number of carbonyl (C=O) groups excluding carboxylic acids is 1. The molecule has 2 aliphatic rings. The van der Waals surface area contributed by atoms with Crippen molar-refractivity contribution in [2.24, 2.45) is 5.92 Å². The average molecular weight is 504 g/mol. The second kappa shape index (κ2) is 10.1. The summed E-state index contributed by atoms with van der Waals surface area (Å²) < 4.78 is 28.4. The number of piperazine rings is 1. The Hall–Kier alpha value is -3.16. The second-order valence-electron chi connectivity index (χ2n) is 9.86. The first-order chi connectivity index (χ1) is 17.3. The molecule has 7 heteroatoms. The Labute approximate surface area is 214 Å². The van der Waals surface area contributed by atoms with Gasteiger partial charge in [0.25, 0.3) is 0 Å². The molecule has 0 bridgehead atoms. The molecule has 3 aromatic rings. The maximum absolute atomic E-state index is 13.9. The summed E-state index contributed by atoms with van der Waals surface area (Å²) in [6, 6.07) is 25.0. The monoisotopic (exact) mass is 503 g/mol. The molecule has 0 aromatic heterocycles. The van der Waals surface area contributed by atoms with Crippen LogP contribution < -0.4 is 4.90 Å². The van der Waals surface area contributed by atoms with Gasteiger partial charge in [0.1, 0.15) is 0 Å². The zero-order chi connectivity index (χ0) is 25.3. The Balaban J connectivity index is 1.37. The first kappa shape index (κ1) is 24.5. The van der Waals surface area contributed by atoms with E-state index in [9.17, 15) is 13.2 Å². The minimum Gasteiger partial charge on any atom is -0.368 e. The van der Waals surface area contributed by atoms with E-state index in [4.69, 9.17) is 0 Å². The summed E-state index contributed by atoms with van der Waals surface area (Å²) in [4.78, 5) is 18.4. The third-order valence-electron chi connectivity index (χ3n) is 7.54. The minimum absolute atomic E-state index is 0.0516. The summed E-state index contributed by atoms with van der Waals surface area (Å²) in [5.41, 5.74) is 4.60. The molecule has 2 heterocycles. The summed E-state index contributed by atoms with van der Waals surface area (Å²) in [7, 11) is -3.68. The summed E-state index contributed by atoms with van der Waals surface area (Å²) in [5, 5.41) is 0. The smallest absolute Gasteiger partial charge is 0.243 e. The van der Waals surface area contributed by atoms with Gasteiger partial charge in [-0.2, -0.15) is 4.31 Å². The van der Waals surface area contributed by atoms with Crippen molar-refractivity contribution in [2.45, 2.75) is 24.7 Å². The summed E-state index contributed by atoms with van der Waals surface area (Å²) >= 11 is 0. The fourth-order valence-electron chi connectivity index (χ4n) is 5.43. The zero-order valence-electron chi connectivity index (χ0n) is 20.9. The van der Waals surface area contributed by atoms with Gasteiger partial charge in [0.05, 0.1) is 10.8 Å². The van der Waals surface area contributed by atoms with Crippen molar-refractivity contribution in [3.05, 3.63) is 95.6 Å². The Morgan fingerprint density at radius 1 is 0.778 bits per heavy atom. The van der Waals surface area contributed by atoms with Crippen LogP contribution in [0.3, 0.4) is 0 Å². The van der Waals surface area contributed by atoms with Crippen molar-refractivity contribution < 1.29 is 13.2 Å². The number of rotatable bonds is 5. The molecule has 3 aromatic carbocycles. The number of amides is 1. The maximum Gasteiger partial charge on any atom is 0.243 e. The lowest BCUT2D eigenvalue weighted by Crippen LogP contribution is -2.51. The molecule has 5 rings (SSSR count). The number of nitrogens with zero attached hydrogens (tertiary/aromatic N) is 3. The highest BCUT2D eigenvalue weighted by molar-refractivity contribution is 7.89. The molecule has 0 aliphatic carbocycles. The third kappa shape index (κ3) is 4.77. The van der Waals surface area contributed by atoms with Gasteiger partial charge in [-0.05, 0) is 43.2 Å². The molecule has 0 spiro atoms. The van der Waals surface area contributed by atoms with Crippen LogP contribution in [0.1, 0.15) is 22.6 Å². The predicted molar refractivity (Wildman–Crippen MR) is 143 cm³/mol. The molecule has 6 nitrogen and oxygen atoms in total. The summed E-state index contributed by atoms with van der Waals surface area (Å²) in [6.45, 7) is 7.45. The predicted octanol–water partition coefficient (Wildman–Crippen LogP) is 4.06. The van der Waals surface area contributed by atoms with Crippen LogP contribution in [0.5, 0.6) is 0 Å². The molecule has 0 N–H and O–H groups in total. The van der Waals surface area contributed by atoms with Gasteiger partial charge < -0.3 is 9.80 Å². The highest BCUT2D eigenvalue weighted by atomic mass is 32.2. The molecule has 1 amide bonds. The van der Waals surface area contributed by atoms with Gasteiger partial charge in [-0.25, -0.2) is 8.42 Å². The molecule has 2 saturated heterocycles. The number of carbonyl (C=O) groups is 1. The fraction of sp³-hybridized carbons (Fsp3) is 0.345. The quantitative estimate of drug-likeness (QED) is 0.527. The molecule has 2 aliphatic heterocycles. The minimum atomic E-state index is -3.68. The van der Waals surface area contributed by atoms with Crippen LogP contribution in [0.15, 0.2) is 83.8 Å². The second-order valence-corrected chi connectivity index (χ2v) is 11.8. The maximum atomic E-state index is 13.9. The van der Waals surface area contributed by atoms with Gasteiger partial charge in [-0.1, -0.05) is 66.2 Å². The van der Waals surface area contributed by atoms with Crippen molar-refractivity contribution in [2.75, 3.05) is 44.2 Å². The van der Waals surface area contributed by atoms with Crippen LogP contribution in [0.25, 0.3) is 0 Å². The highest BCUT2D eigenvalue weighted by Crippen LogP contribution is 2.37. The molecule has 0 radical (unpaired) electrons. The van der Waals surface area contributed by atoms with E-state index in [-0.39, 0.29) is 23.3 Å². The largest absolute Gasteiger partial charge is 0.368 e. The van der Waals surface area contributed by atoms with Gasteiger partial charge >= 0.3 is 0 Å². The van der Waals surface area contributed by atoms with E-state index < -0.39 is 15.9 Å². The number of sulfonamides is 1. The summed E-state index contributed by atoms with van der Waals surface area (Å²) in [5.74, 6) is -0.530. The van der Waals surface area contributed by atoms with Crippen LogP contribution in [0.2, 0.25) is 0 Å². The fourth-order valence-corrected chi connectivity index (χ4v) is 6.94. The highest BCUT2D eigenvalue weighted by Gasteiger charge is 2.45. The number of anilines is 1. The Kier molecular flexibility index (Phi) is 6.86. The van der Waals surface area contributed by atoms with E-state index in [2.05, 4.69) is 24.0 Å². The van der Waals surface area contributed by atoms with Crippen LogP contribution >= 0.6 is 0 Å². The number of hydrogen-bond acceptors (Lipinski definition) is 4. The molecule has 188 valence electrons. The average Bonchev–Trinajstić information content (AvgIpc) is 3.36. The molecule has 0 unspecified atom stereocenters. The van der Waals surface area contributed by atoms with Gasteiger partial charge in [0, 0.05) is 50.9 Å². The Morgan fingerprint density at radius 3 is 2.08 bits per heavy atom. The van der Waals surface area contributed by atoms with Crippen molar-refractivity contribution in [3.8, 4) is 0 Å². The van der Waals surface area contributed by atoms with E-state index in [1.165, 1.54) is 15.6 Å². The zero-order valence-corrected chi connectivity index (χ0v) is 21.7. The SMILES string of the molecule is Cc1ccc([C@H]2CN(S(=O)(=O)c3ccccc3)C[C@H]2C(=O)N2CCN(c3ccccc3C)CC2)cc1. The number of aryl methyl sites for hydroxylation is 2. The Bertz CT molecular complexity index is 1320. The van der Waals surface area contributed by atoms with Gasteiger partial charge in [-0.3, -0.25) is 4.79 Å².